The molecule has 0 saturated carbocycles. The number of nitrogens with one attached hydrogen (secondary N) is 1. The van der Waals surface area contributed by atoms with Crippen LogP contribution in [0.25, 0.3) is 0 Å². The van der Waals surface area contributed by atoms with Gasteiger partial charge in [0.05, 0.1) is 12.2 Å². The molecule has 1 rings (SSSR count). The highest BCUT2D eigenvalue weighted by atomic mass is 32.2. The minimum atomic E-state index is -3.82. The monoisotopic (exact) mass is 294 g/mol. The highest BCUT2D eigenvalue weighted by Gasteiger charge is 2.36. The molecule has 0 radical (unpaired) electrons. The molecule has 0 amide bonds. The van der Waals surface area contributed by atoms with Crippen molar-refractivity contribution >= 4 is 16.2 Å². The van der Waals surface area contributed by atoms with E-state index in [4.69, 9.17) is 9.84 Å². The van der Waals surface area contributed by atoms with Gasteiger partial charge < -0.3 is 9.84 Å². The van der Waals surface area contributed by atoms with Crippen LogP contribution in [-0.4, -0.2) is 55.1 Å². The summed E-state index contributed by atoms with van der Waals surface area (Å²) in [6.45, 7) is 7.63. The predicted molar refractivity (Wildman–Crippen MR) is 69.9 cm³/mol. The molecule has 0 aliphatic carbocycles. The zero-order valence-corrected chi connectivity index (χ0v) is 12.5. The largest absolute Gasteiger partial charge is 0.480 e. The van der Waals surface area contributed by atoms with Crippen LogP contribution in [0.3, 0.4) is 0 Å². The fourth-order valence-corrected chi connectivity index (χ4v) is 3.52. The van der Waals surface area contributed by atoms with Crippen LogP contribution in [0.15, 0.2) is 0 Å². The van der Waals surface area contributed by atoms with E-state index in [-0.39, 0.29) is 19.0 Å². The number of ether oxygens (including phenoxy) is 1. The third kappa shape index (κ3) is 4.41. The van der Waals surface area contributed by atoms with Crippen molar-refractivity contribution in [2.24, 2.45) is 5.92 Å². The molecule has 2 N–H and O–H groups in total. The van der Waals surface area contributed by atoms with Crippen LogP contribution < -0.4 is 4.72 Å². The molecule has 1 saturated heterocycles. The predicted octanol–water partition coefficient (Wildman–Crippen LogP) is 0.0408. The third-order valence-corrected chi connectivity index (χ3v) is 4.48. The van der Waals surface area contributed by atoms with Crippen molar-refractivity contribution in [3.63, 3.8) is 0 Å². The molecular weight excluding hydrogens is 272 g/mol. The number of carboxylic acid groups (broad SMARTS) is 1. The average Bonchev–Trinajstić information content (AvgIpc) is 2.23. The summed E-state index contributed by atoms with van der Waals surface area (Å²) in [5.74, 6) is -1.51. The number of rotatable bonds is 5. The Balaban J connectivity index is 2.83. The Morgan fingerprint density at radius 2 is 2.00 bits per heavy atom. The van der Waals surface area contributed by atoms with Gasteiger partial charge in [-0.05, 0) is 19.8 Å². The summed E-state index contributed by atoms with van der Waals surface area (Å²) in [5.41, 5.74) is -0.566. The van der Waals surface area contributed by atoms with Gasteiger partial charge in [0, 0.05) is 13.1 Å². The number of carbonyl (C=O) groups is 1. The van der Waals surface area contributed by atoms with Gasteiger partial charge in [0.2, 0.25) is 0 Å². The third-order valence-electron chi connectivity index (χ3n) is 2.94. The van der Waals surface area contributed by atoms with E-state index in [1.54, 1.807) is 27.7 Å². The average molecular weight is 294 g/mol. The van der Waals surface area contributed by atoms with E-state index < -0.39 is 27.8 Å². The normalized spacial score (nSPS) is 22.4. The van der Waals surface area contributed by atoms with E-state index in [9.17, 15) is 13.2 Å². The van der Waals surface area contributed by atoms with Crippen molar-refractivity contribution in [2.75, 3.05) is 19.7 Å². The van der Waals surface area contributed by atoms with Crippen molar-refractivity contribution in [3.05, 3.63) is 0 Å². The summed E-state index contributed by atoms with van der Waals surface area (Å²) in [7, 11) is -3.82. The molecule has 7 nitrogen and oxygen atoms in total. The van der Waals surface area contributed by atoms with Crippen molar-refractivity contribution in [1.82, 2.24) is 9.03 Å². The Hall–Kier alpha value is -0.700. The number of aliphatic carboxylic acids is 1. The second-order valence-electron chi connectivity index (χ2n) is 5.62. The van der Waals surface area contributed by atoms with Crippen LogP contribution in [0, 0.1) is 5.92 Å². The molecule has 19 heavy (non-hydrogen) atoms. The molecule has 1 aliphatic heterocycles. The first-order valence-corrected chi connectivity index (χ1v) is 7.63. The first-order valence-electron chi connectivity index (χ1n) is 6.19. The molecule has 1 atom stereocenters. The lowest BCUT2D eigenvalue weighted by atomic mass is 10.1. The first kappa shape index (κ1) is 16.4. The Morgan fingerprint density at radius 3 is 2.42 bits per heavy atom. The molecule has 0 bridgehead atoms. The van der Waals surface area contributed by atoms with Gasteiger partial charge in [0.15, 0.2) is 0 Å². The molecule has 0 spiro atoms. The van der Waals surface area contributed by atoms with Gasteiger partial charge in [-0.3, -0.25) is 4.79 Å². The first-order chi connectivity index (χ1) is 8.55. The van der Waals surface area contributed by atoms with Gasteiger partial charge in [-0.2, -0.15) is 17.4 Å². The summed E-state index contributed by atoms with van der Waals surface area (Å²) < 4.78 is 33.3. The summed E-state index contributed by atoms with van der Waals surface area (Å²) in [4.78, 5) is 11.1. The Morgan fingerprint density at radius 1 is 1.42 bits per heavy atom. The fraction of sp³-hybridized carbons (Fsp3) is 0.909. The molecule has 0 aromatic rings. The van der Waals surface area contributed by atoms with Crippen LogP contribution in [0.4, 0.5) is 0 Å². The molecule has 1 unspecified atom stereocenters. The summed E-state index contributed by atoms with van der Waals surface area (Å²) >= 11 is 0. The van der Waals surface area contributed by atoms with Gasteiger partial charge in [-0.15, -0.1) is 0 Å². The topological polar surface area (TPSA) is 95.9 Å². The standard InChI is InChI=1S/C11H22N2O5S/c1-8(2)9(10(14)15)12-19(16,17)13-5-6-18-11(3,4)7-13/h8-9,12H,5-7H2,1-4H3,(H,14,15). The summed E-state index contributed by atoms with van der Waals surface area (Å²) in [5, 5.41) is 9.04. The maximum atomic E-state index is 12.2. The minimum Gasteiger partial charge on any atom is -0.480 e. The van der Waals surface area contributed by atoms with Gasteiger partial charge in [0.25, 0.3) is 10.2 Å². The van der Waals surface area contributed by atoms with Gasteiger partial charge in [-0.1, -0.05) is 13.8 Å². The minimum absolute atomic E-state index is 0.201. The van der Waals surface area contributed by atoms with E-state index in [1.165, 1.54) is 4.31 Å². The van der Waals surface area contributed by atoms with Crippen molar-refractivity contribution in [2.45, 2.75) is 39.3 Å². The van der Waals surface area contributed by atoms with Gasteiger partial charge in [-0.25, -0.2) is 0 Å². The number of hydrogen-bond acceptors (Lipinski definition) is 4. The lowest BCUT2D eigenvalue weighted by Gasteiger charge is -2.37. The zero-order valence-electron chi connectivity index (χ0n) is 11.7. The van der Waals surface area contributed by atoms with Crippen LogP contribution in [-0.2, 0) is 19.7 Å². The summed E-state index contributed by atoms with van der Waals surface area (Å²) in [6, 6.07) is -1.13. The van der Waals surface area contributed by atoms with Gasteiger partial charge in [0.1, 0.15) is 6.04 Å². The molecular formula is C11H22N2O5S. The highest BCUT2D eigenvalue weighted by molar-refractivity contribution is 7.87. The van der Waals surface area contributed by atoms with Gasteiger partial charge >= 0.3 is 5.97 Å². The molecule has 0 aromatic heterocycles. The van der Waals surface area contributed by atoms with Crippen molar-refractivity contribution < 1.29 is 23.1 Å². The maximum Gasteiger partial charge on any atom is 0.322 e. The Bertz CT molecular complexity index is 432. The summed E-state index contributed by atoms with van der Waals surface area (Å²) in [6.07, 6.45) is 0. The molecule has 0 aromatic carbocycles. The highest BCUT2D eigenvalue weighted by Crippen LogP contribution is 2.19. The van der Waals surface area contributed by atoms with E-state index in [2.05, 4.69) is 4.72 Å². The molecule has 112 valence electrons. The number of hydrogen-bond donors (Lipinski definition) is 2. The number of morpholine rings is 1. The lowest BCUT2D eigenvalue weighted by molar-refractivity contribution is -0.140. The van der Waals surface area contributed by atoms with Crippen molar-refractivity contribution in [1.29, 1.82) is 0 Å². The molecule has 1 fully saturated rings. The van der Waals surface area contributed by atoms with Crippen LogP contribution in [0.1, 0.15) is 27.7 Å². The van der Waals surface area contributed by atoms with E-state index >= 15 is 0 Å². The number of nitrogens with zero attached hydrogens (tertiary/aromatic N) is 1. The fourth-order valence-electron chi connectivity index (χ4n) is 1.88. The van der Waals surface area contributed by atoms with E-state index in [0.717, 1.165) is 0 Å². The molecule has 8 heteroatoms. The van der Waals surface area contributed by atoms with Crippen LogP contribution in [0.5, 0.6) is 0 Å². The van der Waals surface area contributed by atoms with Crippen LogP contribution >= 0.6 is 0 Å². The zero-order chi connectivity index (χ0) is 14.8. The molecule has 1 heterocycles. The van der Waals surface area contributed by atoms with E-state index in [1.807, 2.05) is 0 Å². The van der Waals surface area contributed by atoms with Crippen molar-refractivity contribution in [3.8, 4) is 0 Å². The van der Waals surface area contributed by atoms with Crippen LogP contribution in [0.2, 0.25) is 0 Å². The second-order valence-corrected chi connectivity index (χ2v) is 7.33. The Labute approximate surface area is 114 Å². The lowest BCUT2D eigenvalue weighted by Crippen LogP contribution is -2.56. The SMILES string of the molecule is CC(C)C(NS(=O)(=O)N1CCOC(C)(C)C1)C(=O)O. The Kier molecular flexibility index (Phi) is 4.94. The van der Waals surface area contributed by atoms with E-state index in [0.29, 0.717) is 6.61 Å². The quantitative estimate of drug-likeness (QED) is 0.746. The second kappa shape index (κ2) is 5.74. The smallest absolute Gasteiger partial charge is 0.322 e. The number of carboxylic acids is 1. The maximum absolute atomic E-state index is 12.2. The molecule has 1 aliphatic rings.